The lowest BCUT2D eigenvalue weighted by Crippen LogP contribution is -2.35. The van der Waals surface area contributed by atoms with E-state index in [-0.39, 0.29) is 17.3 Å². The van der Waals surface area contributed by atoms with Crippen LogP contribution >= 0.6 is 0 Å². The van der Waals surface area contributed by atoms with E-state index in [4.69, 9.17) is 5.73 Å². The molecule has 154 valence electrons. The minimum atomic E-state index is -0.552. The molecule has 0 saturated heterocycles. The molecule has 0 aliphatic heterocycles. The predicted molar refractivity (Wildman–Crippen MR) is 119 cm³/mol. The molecule has 3 N–H and O–H groups in total. The van der Waals surface area contributed by atoms with Gasteiger partial charge in [0.25, 0.3) is 5.91 Å². The van der Waals surface area contributed by atoms with Crippen LogP contribution in [0.1, 0.15) is 56.6 Å². The van der Waals surface area contributed by atoms with Crippen LogP contribution in [0.4, 0.5) is 5.82 Å². The third-order valence-electron chi connectivity index (χ3n) is 6.64. The van der Waals surface area contributed by atoms with Crippen LogP contribution in [0.2, 0.25) is 0 Å². The second-order valence-electron chi connectivity index (χ2n) is 8.33. The van der Waals surface area contributed by atoms with Crippen LogP contribution in [0.25, 0.3) is 5.57 Å². The Balaban J connectivity index is 1.83. The highest BCUT2D eigenvalue weighted by atomic mass is 16.1. The van der Waals surface area contributed by atoms with E-state index >= 15 is 0 Å². The first-order valence-electron chi connectivity index (χ1n) is 10.2. The maximum atomic E-state index is 11.9. The molecule has 0 radical (unpaired) electrons. The van der Waals surface area contributed by atoms with E-state index in [1.54, 1.807) is 12.7 Å². The van der Waals surface area contributed by atoms with Crippen LogP contribution in [0.3, 0.4) is 0 Å². The van der Waals surface area contributed by atoms with Crippen molar-refractivity contribution in [3.05, 3.63) is 54.5 Å². The number of anilines is 1. The van der Waals surface area contributed by atoms with Gasteiger partial charge in [-0.1, -0.05) is 50.8 Å². The number of hydrogen-bond donors (Lipinski definition) is 2. The fourth-order valence-electron chi connectivity index (χ4n) is 4.20. The highest BCUT2D eigenvalue weighted by Crippen LogP contribution is 2.46. The SMILES string of the molecule is C=C(c1ccccc1)C(C)N=CNc1c(C(N)=O)ncn1C1(C)CCC(C)C1C. The topological polar surface area (TPSA) is 85.3 Å². The van der Waals surface area contributed by atoms with Crippen LogP contribution < -0.4 is 11.1 Å². The van der Waals surface area contributed by atoms with Crippen molar-refractivity contribution in [2.24, 2.45) is 22.6 Å². The number of nitrogens with two attached hydrogens (primary N) is 1. The number of benzene rings is 1. The van der Waals surface area contributed by atoms with Gasteiger partial charge in [-0.3, -0.25) is 9.79 Å². The first kappa shape index (κ1) is 20.8. The Morgan fingerprint density at radius 3 is 2.69 bits per heavy atom. The Morgan fingerprint density at radius 1 is 1.41 bits per heavy atom. The number of carbonyl (C=O) groups excluding carboxylic acids is 1. The van der Waals surface area contributed by atoms with Gasteiger partial charge in [0.1, 0.15) is 5.82 Å². The molecule has 29 heavy (non-hydrogen) atoms. The van der Waals surface area contributed by atoms with Gasteiger partial charge in [-0.25, -0.2) is 4.98 Å². The van der Waals surface area contributed by atoms with Crippen molar-refractivity contribution < 1.29 is 4.79 Å². The smallest absolute Gasteiger partial charge is 0.271 e. The van der Waals surface area contributed by atoms with Crippen molar-refractivity contribution in [3.8, 4) is 0 Å². The normalized spacial score (nSPS) is 25.2. The summed E-state index contributed by atoms with van der Waals surface area (Å²) >= 11 is 0. The van der Waals surface area contributed by atoms with Gasteiger partial charge in [0.05, 0.1) is 18.7 Å². The molecule has 4 unspecified atom stereocenters. The summed E-state index contributed by atoms with van der Waals surface area (Å²) in [6.07, 6.45) is 5.50. The van der Waals surface area contributed by atoms with E-state index in [9.17, 15) is 4.79 Å². The predicted octanol–water partition coefficient (Wildman–Crippen LogP) is 4.31. The van der Waals surface area contributed by atoms with Crippen LogP contribution in [0, 0.1) is 11.8 Å². The van der Waals surface area contributed by atoms with E-state index in [2.05, 4.69) is 47.2 Å². The summed E-state index contributed by atoms with van der Waals surface area (Å²) in [6, 6.07) is 9.87. The van der Waals surface area contributed by atoms with Crippen molar-refractivity contribution in [2.75, 3.05) is 5.32 Å². The summed E-state index contributed by atoms with van der Waals surface area (Å²) in [6.45, 7) is 12.9. The van der Waals surface area contributed by atoms with Crippen molar-refractivity contribution in [3.63, 3.8) is 0 Å². The number of aromatic nitrogens is 2. The van der Waals surface area contributed by atoms with E-state index < -0.39 is 5.91 Å². The number of aliphatic imine (C=N–C) groups is 1. The molecule has 6 heteroatoms. The molecule has 0 spiro atoms. The number of hydrogen-bond acceptors (Lipinski definition) is 3. The molecule has 1 amide bonds. The Hall–Kier alpha value is -2.89. The van der Waals surface area contributed by atoms with Gasteiger partial charge in [-0.05, 0) is 49.7 Å². The van der Waals surface area contributed by atoms with Crippen LogP contribution in [0.5, 0.6) is 0 Å². The fourth-order valence-corrected chi connectivity index (χ4v) is 4.20. The highest BCUT2D eigenvalue weighted by molar-refractivity contribution is 5.98. The molecule has 1 fully saturated rings. The zero-order chi connectivity index (χ0) is 21.2. The molecule has 1 heterocycles. The van der Waals surface area contributed by atoms with Crippen LogP contribution in [-0.2, 0) is 5.54 Å². The van der Waals surface area contributed by atoms with Crippen molar-refractivity contribution in [1.29, 1.82) is 0 Å². The van der Waals surface area contributed by atoms with Crippen LogP contribution in [0.15, 0.2) is 48.2 Å². The monoisotopic (exact) mass is 393 g/mol. The van der Waals surface area contributed by atoms with E-state index in [1.165, 1.54) is 0 Å². The summed E-state index contributed by atoms with van der Waals surface area (Å²) < 4.78 is 2.06. The molecular formula is C23H31N5O. The highest BCUT2D eigenvalue weighted by Gasteiger charge is 2.43. The lowest BCUT2D eigenvalue weighted by Gasteiger charge is -2.34. The standard InChI is InChI=1S/C23H31N5O/c1-15-11-12-23(5,17(15)3)28-14-27-20(21(24)29)22(28)26-13-25-18(4)16(2)19-9-7-6-8-10-19/h6-10,13-15,17-18H,2,11-12H2,1,3-5H3,(H2,24,29)(H,25,26). The quantitative estimate of drug-likeness (QED) is 0.543. The number of rotatable bonds is 7. The molecule has 1 aromatic heterocycles. The largest absolute Gasteiger partial charge is 0.364 e. The average Bonchev–Trinajstić information content (AvgIpc) is 3.26. The minimum Gasteiger partial charge on any atom is -0.364 e. The molecule has 1 saturated carbocycles. The number of nitrogens with zero attached hydrogens (tertiary/aromatic N) is 3. The number of imidazole rings is 1. The summed E-state index contributed by atoms with van der Waals surface area (Å²) in [5.74, 6) is 1.10. The van der Waals surface area contributed by atoms with Gasteiger partial charge in [-0.15, -0.1) is 0 Å². The zero-order valence-electron chi connectivity index (χ0n) is 17.7. The van der Waals surface area contributed by atoms with E-state index in [0.717, 1.165) is 24.0 Å². The molecule has 3 rings (SSSR count). The number of carbonyl (C=O) groups is 1. The number of primary amides is 1. The maximum Gasteiger partial charge on any atom is 0.271 e. The molecule has 1 aromatic carbocycles. The molecule has 4 atom stereocenters. The fraction of sp³-hybridized carbons (Fsp3) is 0.435. The van der Waals surface area contributed by atoms with Crippen molar-refractivity contribution >= 4 is 23.6 Å². The van der Waals surface area contributed by atoms with Crippen molar-refractivity contribution in [1.82, 2.24) is 9.55 Å². The molecule has 6 nitrogen and oxygen atoms in total. The Morgan fingerprint density at radius 2 is 2.10 bits per heavy atom. The molecule has 0 bridgehead atoms. The van der Waals surface area contributed by atoms with Gasteiger partial charge < -0.3 is 15.6 Å². The lowest BCUT2D eigenvalue weighted by atomic mass is 9.86. The summed E-state index contributed by atoms with van der Waals surface area (Å²) in [4.78, 5) is 20.8. The number of nitrogens with one attached hydrogen (secondary N) is 1. The maximum absolute atomic E-state index is 11.9. The average molecular weight is 394 g/mol. The third-order valence-corrected chi connectivity index (χ3v) is 6.64. The summed E-state index contributed by atoms with van der Waals surface area (Å²) in [7, 11) is 0. The van der Waals surface area contributed by atoms with Gasteiger partial charge >= 0.3 is 0 Å². The minimum absolute atomic E-state index is 0.112. The van der Waals surface area contributed by atoms with Gasteiger partial charge in [0.15, 0.2) is 5.69 Å². The van der Waals surface area contributed by atoms with Gasteiger partial charge in [0.2, 0.25) is 0 Å². The molecule has 1 aliphatic rings. The second-order valence-corrected chi connectivity index (χ2v) is 8.33. The Kier molecular flexibility index (Phi) is 5.91. The summed E-state index contributed by atoms with van der Waals surface area (Å²) in [5.41, 5.74) is 7.66. The van der Waals surface area contributed by atoms with E-state index in [1.807, 2.05) is 37.3 Å². The zero-order valence-corrected chi connectivity index (χ0v) is 17.7. The summed E-state index contributed by atoms with van der Waals surface area (Å²) in [5, 5.41) is 3.18. The van der Waals surface area contributed by atoms with Crippen LogP contribution in [-0.4, -0.2) is 27.8 Å². The Bertz CT molecular complexity index is 917. The Labute approximate surface area is 172 Å². The molecular weight excluding hydrogens is 362 g/mol. The van der Waals surface area contributed by atoms with E-state index in [0.29, 0.717) is 17.7 Å². The van der Waals surface area contributed by atoms with Crippen molar-refractivity contribution in [2.45, 2.75) is 52.1 Å². The third kappa shape index (κ3) is 3.97. The van der Waals surface area contributed by atoms with Gasteiger partial charge in [0, 0.05) is 5.54 Å². The molecule has 2 aromatic rings. The molecule has 1 aliphatic carbocycles. The first-order valence-corrected chi connectivity index (χ1v) is 10.2. The second kappa shape index (κ2) is 8.23. The lowest BCUT2D eigenvalue weighted by molar-refractivity contribution is 0.0996. The number of amides is 1. The first-order chi connectivity index (χ1) is 13.8. The van der Waals surface area contributed by atoms with Gasteiger partial charge in [-0.2, -0.15) is 0 Å².